The van der Waals surface area contributed by atoms with Crippen molar-refractivity contribution in [2.45, 2.75) is 26.4 Å². The second-order valence-corrected chi connectivity index (χ2v) is 4.31. The average Bonchev–Trinajstić information content (AvgIpc) is 2.82. The van der Waals surface area contributed by atoms with E-state index in [2.05, 4.69) is 10.3 Å². The molecule has 0 bridgehead atoms. The molecule has 0 saturated carbocycles. The molecule has 0 aliphatic rings. The first-order chi connectivity index (χ1) is 9.58. The number of carbonyl (C=O) groups is 1. The van der Waals surface area contributed by atoms with Crippen molar-refractivity contribution >= 4 is 5.97 Å². The van der Waals surface area contributed by atoms with Crippen LogP contribution >= 0.6 is 0 Å². The number of carboxylic acid groups (broad SMARTS) is 1. The summed E-state index contributed by atoms with van der Waals surface area (Å²) in [7, 11) is 0. The molecule has 1 aromatic carbocycles. The third-order valence-corrected chi connectivity index (χ3v) is 2.94. The van der Waals surface area contributed by atoms with E-state index in [0.29, 0.717) is 17.8 Å². The summed E-state index contributed by atoms with van der Waals surface area (Å²) in [5.74, 6) is -1.52. The molecular formula is C13H15N3O4. The van der Waals surface area contributed by atoms with Gasteiger partial charge in [0, 0.05) is 0 Å². The van der Waals surface area contributed by atoms with E-state index in [0.717, 1.165) is 12.1 Å². The minimum Gasteiger partial charge on any atom is -0.507 e. The number of benzene rings is 1. The minimum atomic E-state index is -1.22. The van der Waals surface area contributed by atoms with Crippen molar-refractivity contribution in [2.75, 3.05) is 0 Å². The number of aromatic nitrogens is 3. The molecule has 0 amide bonds. The molecule has 106 valence electrons. The van der Waals surface area contributed by atoms with E-state index in [1.165, 1.54) is 16.8 Å². The van der Waals surface area contributed by atoms with Crippen molar-refractivity contribution in [2.24, 2.45) is 0 Å². The van der Waals surface area contributed by atoms with Gasteiger partial charge in [0.05, 0.1) is 18.0 Å². The second kappa shape index (κ2) is 5.70. The van der Waals surface area contributed by atoms with Gasteiger partial charge in [0.25, 0.3) is 0 Å². The Morgan fingerprint density at radius 1 is 1.40 bits per heavy atom. The Morgan fingerprint density at radius 2 is 2.15 bits per heavy atom. The van der Waals surface area contributed by atoms with Crippen LogP contribution < -0.4 is 0 Å². The standard InChI is InChI=1S/C13H15N3O4/c1-2-3-11-10(7-17)14-15-16(11)8-4-5-12(18)9(6-8)13(19)20/h4-6,17-18H,2-3,7H2,1H3,(H,19,20). The molecule has 20 heavy (non-hydrogen) atoms. The van der Waals surface area contributed by atoms with Crippen molar-refractivity contribution in [3.63, 3.8) is 0 Å². The number of aliphatic hydroxyl groups is 1. The molecular weight excluding hydrogens is 262 g/mol. The summed E-state index contributed by atoms with van der Waals surface area (Å²) < 4.78 is 1.49. The third-order valence-electron chi connectivity index (χ3n) is 2.94. The molecule has 0 spiro atoms. The fourth-order valence-corrected chi connectivity index (χ4v) is 1.98. The van der Waals surface area contributed by atoms with Crippen LogP contribution in [0.15, 0.2) is 18.2 Å². The van der Waals surface area contributed by atoms with Crippen molar-refractivity contribution < 1.29 is 20.1 Å². The number of aromatic hydroxyl groups is 1. The highest BCUT2D eigenvalue weighted by molar-refractivity contribution is 5.91. The summed E-state index contributed by atoms with van der Waals surface area (Å²) in [6.45, 7) is 1.76. The highest BCUT2D eigenvalue weighted by Crippen LogP contribution is 2.22. The van der Waals surface area contributed by atoms with Gasteiger partial charge in [-0.25, -0.2) is 9.48 Å². The molecule has 3 N–H and O–H groups in total. The Morgan fingerprint density at radius 3 is 2.75 bits per heavy atom. The lowest BCUT2D eigenvalue weighted by atomic mass is 10.1. The predicted octanol–water partition coefficient (Wildman–Crippen LogP) is 1.12. The number of hydrogen-bond donors (Lipinski definition) is 3. The largest absolute Gasteiger partial charge is 0.507 e. The fraction of sp³-hybridized carbons (Fsp3) is 0.308. The molecule has 0 atom stereocenters. The molecule has 7 heteroatoms. The van der Waals surface area contributed by atoms with Crippen LogP contribution in [0.5, 0.6) is 5.75 Å². The molecule has 1 heterocycles. The van der Waals surface area contributed by atoms with Crippen molar-refractivity contribution in [3.8, 4) is 11.4 Å². The molecule has 0 fully saturated rings. The van der Waals surface area contributed by atoms with Gasteiger partial charge in [-0.1, -0.05) is 18.6 Å². The molecule has 0 aliphatic heterocycles. The van der Waals surface area contributed by atoms with E-state index < -0.39 is 5.97 Å². The summed E-state index contributed by atoms with van der Waals surface area (Å²) in [5, 5.41) is 35.6. The fourth-order valence-electron chi connectivity index (χ4n) is 1.98. The lowest BCUT2D eigenvalue weighted by Gasteiger charge is -2.08. The second-order valence-electron chi connectivity index (χ2n) is 4.31. The van der Waals surface area contributed by atoms with Crippen LogP contribution in [0.25, 0.3) is 5.69 Å². The van der Waals surface area contributed by atoms with Crippen LogP contribution in [0, 0.1) is 0 Å². The SMILES string of the molecule is CCCc1c(CO)nnn1-c1ccc(O)c(C(=O)O)c1. The summed E-state index contributed by atoms with van der Waals surface area (Å²) in [6, 6.07) is 4.18. The van der Waals surface area contributed by atoms with Gasteiger partial charge in [-0.15, -0.1) is 5.10 Å². The Kier molecular flexibility index (Phi) is 3.99. The monoisotopic (exact) mass is 277 g/mol. The molecule has 0 aliphatic carbocycles. The smallest absolute Gasteiger partial charge is 0.339 e. The van der Waals surface area contributed by atoms with Crippen molar-refractivity contribution in [1.29, 1.82) is 0 Å². The molecule has 0 radical (unpaired) electrons. The zero-order valence-electron chi connectivity index (χ0n) is 10.9. The zero-order chi connectivity index (χ0) is 14.7. The minimum absolute atomic E-state index is 0.203. The highest BCUT2D eigenvalue weighted by Gasteiger charge is 2.16. The van der Waals surface area contributed by atoms with Gasteiger partial charge in [-0.3, -0.25) is 0 Å². The molecule has 1 aromatic heterocycles. The Labute approximate surface area is 115 Å². The maximum atomic E-state index is 11.0. The number of phenols is 1. The van der Waals surface area contributed by atoms with Crippen LogP contribution in [-0.4, -0.2) is 36.3 Å². The first-order valence-electron chi connectivity index (χ1n) is 6.19. The maximum absolute atomic E-state index is 11.0. The van der Waals surface area contributed by atoms with Gasteiger partial charge in [0.1, 0.15) is 17.0 Å². The number of rotatable bonds is 5. The van der Waals surface area contributed by atoms with E-state index in [4.69, 9.17) is 5.11 Å². The Bertz CT molecular complexity index is 637. The van der Waals surface area contributed by atoms with Crippen LogP contribution in [0.3, 0.4) is 0 Å². The van der Waals surface area contributed by atoms with E-state index in [1.807, 2.05) is 6.92 Å². The first kappa shape index (κ1) is 14.0. The van der Waals surface area contributed by atoms with Gasteiger partial charge in [0.15, 0.2) is 0 Å². The maximum Gasteiger partial charge on any atom is 0.339 e. The normalized spacial score (nSPS) is 10.7. The zero-order valence-corrected chi connectivity index (χ0v) is 10.9. The number of hydrogen-bond acceptors (Lipinski definition) is 5. The average molecular weight is 277 g/mol. The van der Waals surface area contributed by atoms with Gasteiger partial charge >= 0.3 is 5.97 Å². The molecule has 7 nitrogen and oxygen atoms in total. The van der Waals surface area contributed by atoms with E-state index >= 15 is 0 Å². The number of aromatic carboxylic acids is 1. The van der Waals surface area contributed by atoms with Crippen molar-refractivity contribution in [3.05, 3.63) is 35.2 Å². The molecule has 0 saturated heterocycles. The quantitative estimate of drug-likeness (QED) is 0.755. The summed E-state index contributed by atoms with van der Waals surface area (Å²) in [5.41, 5.74) is 1.48. The topological polar surface area (TPSA) is 108 Å². The Hall–Kier alpha value is -2.41. The summed E-state index contributed by atoms with van der Waals surface area (Å²) >= 11 is 0. The van der Waals surface area contributed by atoms with Crippen molar-refractivity contribution in [1.82, 2.24) is 15.0 Å². The first-order valence-corrected chi connectivity index (χ1v) is 6.19. The van der Waals surface area contributed by atoms with Gasteiger partial charge in [-0.05, 0) is 24.6 Å². The van der Waals surface area contributed by atoms with Gasteiger partial charge < -0.3 is 15.3 Å². The number of nitrogens with zero attached hydrogens (tertiary/aromatic N) is 3. The summed E-state index contributed by atoms with van der Waals surface area (Å²) in [6.07, 6.45) is 1.50. The molecule has 0 unspecified atom stereocenters. The van der Waals surface area contributed by atoms with Crippen LogP contribution in [0.1, 0.15) is 35.1 Å². The molecule has 2 rings (SSSR count). The number of carboxylic acids is 1. The lowest BCUT2D eigenvalue weighted by molar-refractivity contribution is 0.0693. The van der Waals surface area contributed by atoms with Crippen LogP contribution in [0.4, 0.5) is 0 Å². The third kappa shape index (κ3) is 2.48. The highest BCUT2D eigenvalue weighted by atomic mass is 16.4. The van der Waals surface area contributed by atoms with E-state index in [9.17, 15) is 15.0 Å². The van der Waals surface area contributed by atoms with Crippen LogP contribution in [-0.2, 0) is 13.0 Å². The van der Waals surface area contributed by atoms with Gasteiger partial charge in [0.2, 0.25) is 0 Å². The van der Waals surface area contributed by atoms with E-state index in [1.54, 1.807) is 6.07 Å². The number of aliphatic hydroxyl groups excluding tert-OH is 1. The van der Waals surface area contributed by atoms with Crippen LogP contribution in [0.2, 0.25) is 0 Å². The lowest BCUT2D eigenvalue weighted by Crippen LogP contribution is -2.06. The summed E-state index contributed by atoms with van der Waals surface area (Å²) in [4.78, 5) is 11.0. The predicted molar refractivity (Wildman–Crippen MR) is 69.9 cm³/mol. The molecule has 2 aromatic rings. The van der Waals surface area contributed by atoms with Gasteiger partial charge in [-0.2, -0.15) is 0 Å². The van der Waals surface area contributed by atoms with E-state index in [-0.39, 0.29) is 17.9 Å². The Balaban J connectivity index is 2.54.